The van der Waals surface area contributed by atoms with E-state index in [4.69, 9.17) is 20.1 Å². The summed E-state index contributed by atoms with van der Waals surface area (Å²) >= 11 is 0. The molecule has 0 saturated heterocycles. The van der Waals surface area contributed by atoms with Crippen molar-refractivity contribution in [3.63, 3.8) is 0 Å². The van der Waals surface area contributed by atoms with Crippen molar-refractivity contribution in [1.82, 2.24) is 5.43 Å². The largest absolute Gasteiger partial charge is 0.496 e. The van der Waals surface area contributed by atoms with Crippen LogP contribution >= 0.6 is 0 Å². The Kier molecular flexibility index (Phi) is 4.50. The summed E-state index contributed by atoms with van der Waals surface area (Å²) in [5, 5.41) is 0. The highest BCUT2D eigenvalue weighted by atomic mass is 16.5. The van der Waals surface area contributed by atoms with Gasteiger partial charge in [-0.25, -0.2) is 0 Å². The average Bonchev–Trinajstić information content (AvgIpc) is 3.27. The Morgan fingerprint density at radius 1 is 1.11 bits per heavy atom. The number of hydrogen-bond acceptors (Lipinski definition) is 5. The molecule has 1 fully saturated rings. The van der Waals surface area contributed by atoms with Gasteiger partial charge in [0.25, 0.3) is 0 Å². The van der Waals surface area contributed by atoms with E-state index in [2.05, 4.69) is 5.43 Å². The van der Waals surface area contributed by atoms with Crippen LogP contribution in [-0.2, 0) is 0 Å². The lowest BCUT2D eigenvalue weighted by molar-refractivity contribution is 0.343. The van der Waals surface area contributed by atoms with Crippen molar-refractivity contribution < 1.29 is 14.2 Å². The summed E-state index contributed by atoms with van der Waals surface area (Å²) in [4.78, 5) is 0. The van der Waals surface area contributed by atoms with Crippen LogP contribution in [0.25, 0.3) is 0 Å². The van der Waals surface area contributed by atoms with Gasteiger partial charge in [0.2, 0.25) is 0 Å². The molecule has 1 aliphatic rings. The van der Waals surface area contributed by atoms with E-state index in [9.17, 15) is 0 Å². The van der Waals surface area contributed by atoms with Crippen LogP contribution in [0.2, 0.25) is 0 Å². The molecule has 1 aromatic carbocycles. The van der Waals surface area contributed by atoms with Crippen LogP contribution in [0.5, 0.6) is 17.2 Å². The van der Waals surface area contributed by atoms with E-state index in [1.807, 2.05) is 12.1 Å². The first kappa shape index (κ1) is 14.0. The fourth-order valence-electron chi connectivity index (χ4n) is 2.30. The first-order valence-electron chi connectivity index (χ1n) is 6.49. The van der Waals surface area contributed by atoms with Gasteiger partial charge < -0.3 is 14.2 Å². The maximum Gasteiger partial charge on any atom is 0.164 e. The van der Waals surface area contributed by atoms with E-state index >= 15 is 0 Å². The minimum Gasteiger partial charge on any atom is -0.496 e. The average molecular weight is 266 g/mol. The smallest absolute Gasteiger partial charge is 0.164 e. The molecule has 0 heterocycles. The molecule has 19 heavy (non-hydrogen) atoms. The lowest BCUT2D eigenvalue weighted by atomic mass is 10.00. The molecule has 1 unspecified atom stereocenters. The van der Waals surface area contributed by atoms with Crippen LogP contribution in [0.4, 0.5) is 0 Å². The van der Waals surface area contributed by atoms with Crippen LogP contribution < -0.4 is 25.5 Å². The van der Waals surface area contributed by atoms with Crippen LogP contribution in [0.3, 0.4) is 0 Å². The number of methoxy groups -OCH3 is 3. The second-order valence-corrected chi connectivity index (χ2v) is 4.85. The first-order chi connectivity index (χ1) is 9.23. The molecule has 106 valence electrons. The van der Waals surface area contributed by atoms with E-state index in [1.54, 1.807) is 21.3 Å². The normalized spacial score (nSPS) is 16.0. The second-order valence-electron chi connectivity index (χ2n) is 4.85. The summed E-state index contributed by atoms with van der Waals surface area (Å²) in [6.45, 7) is 0. The van der Waals surface area contributed by atoms with Gasteiger partial charge in [0, 0.05) is 11.6 Å². The summed E-state index contributed by atoms with van der Waals surface area (Å²) in [5.74, 6) is 8.56. The number of ether oxygens (including phenoxy) is 3. The fraction of sp³-hybridized carbons (Fsp3) is 0.571. The van der Waals surface area contributed by atoms with E-state index in [1.165, 1.54) is 12.8 Å². The van der Waals surface area contributed by atoms with Crippen molar-refractivity contribution in [2.45, 2.75) is 25.3 Å². The van der Waals surface area contributed by atoms with Crippen molar-refractivity contribution in [3.05, 3.63) is 17.7 Å². The third kappa shape index (κ3) is 3.11. The Morgan fingerprint density at radius 2 is 1.68 bits per heavy atom. The maximum absolute atomic E-state index is 5.69. The molecule has 5 nitrogen and oxygen atoms in total. The zero-order chi connectivity index (χ0) is 13.8. The van der Waals surface area contributed by atoms with Gasteiger partial charge in [-0.1, -0.05) is 12.8 Å². The minimum atomic E-state index is 0.0715. The zero-order valence-corrected chi connectivity index (χ0v) is 11.7. The standard InChI is InChI=1S/C14H22N2O3/c1-17-12-8-14(19-3)13(18-2)7-10(12)11(16-15)6-9-4-5-9/h7-9,11,16H,4-6,15H2,1-3H3. The predicted octanol–water partition coefficient (Wildman–Crippen LogP) is 2.02. The quantitative estimate of drug-likeness (QED) is 0.584. The van der Waals surface area contributed by atoms with Gasteiger partial charge >= 0.3 is 0 Å². The molecule has 0 aliphatic heterocycles. The van der Waals surface area contributed by atoms with Crippen LogP contribution in [0.1, 0.15) is 30.9 Å². The topological polar surface area (TPSA) is 65.7 Å². The van der Waals surface area contributed by atoms with Gasteiger partial charge in [-0.05, 0) is 18.4 Å². The van der Waals surface area contributed by atoms with Crippen LogP contribution in [-0.4, -0.2) is 21.3 Å². The SMILES string of the molecule is COc1cc(OC)c(C(CC2CC2)NN)cc1OC. The highest BCUT2D eigenvalue weighted by Crippen LogP contribution is 2.42. The number of nitrogens with two attached hydrogens (primary N) is 1. The summed E-state index contributed by atoms with van der Waals surface area (Å²) in [6.07, 6.45) is 3.59. The lowest BCUT2D eigenvalue weighted by Gasteiger charge is -2.21. The van der Waals surface area contributed by atoms with Gasteiger partial charge in [0.1, 0.15) is 5.75 Å². The molecular formula is C14H22N2O3. The third-order valence-electron chi connectivity index (χ3n) is 3.58. The molecule has 3 N–H and O–H groups in total. The fourth-order valence-corrected chi connectivity index (χ4v) is 2.30. The van der Waals surface area contributed by atoms with E-state index in [0.717, 1.165) is 23.7 Å². The highest BCUT2D eigenvalue weighted by molar-refractivity contribution is 5.51. The Labute approximate surface area is 114 Å². The zero-order valence-electron chi connectivity index (χ0n) is 11.7. The molecule has 2 rings (SSSR count). The van der Waals surface area contributed by atoms with E-state index < -0.39 is 0 Å². The molecule has 5 heteroatoms. The van der Waals surface area contributed by atoms with Gasteiger partial charge in [0.15, 0.2) is 11.5 Å². The molecule has 0 bridgehead atoms. The van der Waals surface area contributed by atoms with Gasteiger partial charge in [-0.15, -0.1) is 0 Å². The summed E-state index contributed by atoms with van der Waals surface area (Å²) in [6, 6.07) is 3.85. The van der Waals surface area contributed by atoms with Crippen LogP contribution in [0, 0.1) is 5.92 Å². The van der Waals surface area contributed by atoms with Crippen molar-refractivity contribution in [2.24, 2.45) is 11.8 Å². The molecule has 0 aromatic heterocycles. The lowest BCUT2D eigenvalue weighted by Crippen LogP contribution is -2.28. The number of rotatable bonds is 7. The summed E-state index contributed by atoms with van der Waals surface area (Å²) in [5.41, 5.74) is 3.89. The predicted molar refractivity (Wildman–Crippen MR) is 73.5 cm³/mol. The second kappa shape index (κ2) is 6.12. The number of nitrogens with one attached hydrogen (secondary N) is 1. The number of hydrogen-bond donors (Lipinski definition) is 2. The van der Waals surface area contributed by atoms with Gasteiger partial charge in [-0.3, -0.25) is 11.3 Å². The van der Waals surface area contributed by atoms with E-state index in [0.29, 0.717) is 11.5 Å². The molecular weight excluding hydrogens is 244 g/mol. The molecule has 0 spiro atoms. The molecule has 1 aromatic rings. The van der Waals surface area contributed by atoms with Crippen molar-refractivity contribution in [2.75, 3.05) is 21.3 Å². The molecule has 1 aliphatic carbocycles. The monoisotopic (exact) mass is 266 g/mol. The minimum absolute atomic E-state index is 0.0715. The molecule has 0 radical (unpaired) electrons. The summed E-state index contributed by atoms with van der Waals surface area (Å²) in [7, 11) is 4.88. The Bertz CT molecular complexity index is 433. The summed E-state index contributed by atoms with van der Waals surface area (Å²) < 4.78 is 16.1. The molecule has 0 amide bonds. The van der Waals surface area contributed by atoms with Crippen molar-refractivity contribution in [3.8, 4) is 17.2 Å². The Hall–Kier alpha value is -1.46. The maximum atomic E-state index is 5.69. The Balaban J connectivity index is 2.34. The van der Waals surface area contributed by atoms with Gasteiger partial charge in [-0.2, -0.15) is 0 Å². The van der Waals surface area contributed by atoms with Gasteiger partial charge in [0.05, 0.1) is 27.4 Å². The van der Waals surface area contributed by atoms with Crippen molar-refractivity contribution >= 4 is 0 Å². The molecule has 1 atom stereocenters. The number of benzene rings is 1. The Morgan fingerprint density at radius 3 is 2.16 bits per heavy atom. The van der Waals surface area contributed by atoms with E-state index in [-0.39, 0.29) is 6.04 Å². The van der Waals surface area contributed by atoms with Crippen LogP contribution in [0.15, 0.2) is 12.1 Å². The highest BCUT2D eigenvalue weighted by Gasteiger charge is 2.28. The third-order valence-corrected chi connectivity index (χ3v) is 3.58. The first-order valence-corrected chi connectivity index (χ1v) is 6.49. The molecule has 1 saturated carbocycles. The van der Waals surface area contributed by atoms with Crippen molar-refractivity contribution in [1.29, 1.82) is 0 Å². The number of hydrazine groups is 1.